The van der Waals surface area contributed by atoms with E-state index in [-0.39, 0.29) is 18.9 Å². The number of hydrogen-bond acceptors (Lipinski definition) is 6. The number of sulfonamides is 1. The molecule has 0 aromatic heterocycles. The van der Waals surface area contributed by atoms with Crippen LogP contribution in [0.25, 0.3) is 0 Å². The van der Waals surface area contributed by atoms with Crippen molar-refractivity contribution in [3.05, 3.63) is 18.2 Å². The summed E-state index contributed by atoms with van der Waals surface area (Å²) in [5, 5.41) is 0. The number of methoxy groups -OCH3 is 2. The Bertz CT molecular complexity index is 775. The summed E-state index contributed by atoms with van der Waals surface area (Å²) in [6.45, 7) is 1.83. The van der Waals surface area contributed by atoms with Gasteiger partial charge >= 0.3 is 0 Å². The number of anilines is 1. The van der Waals surface area contributed by atoms with Crippen molar-refractivity contribution in [2.24, 2.45) is 0 Å². The molecule has 0 radical (unpaired) electrons. The van der Waals surface area contributed by atoms with Crippen molar-refractivity contribution in [3.63, 3.8) is 0 Å². The average molecular weight is 399 g/mol. The van der Waals surface area contributed by atoms with Gasteiger partial charge in [-0.3, -0.25) is 13.9 Å². The summed E-state index contributed by atoms with van der Waals surface area (Å²) in [6, 6.07) is 4.85. The fourth-order valence-corrected chi connectivity index (χ4v) is 3.81. The maximum atomic E-state index is 12.5. The second-order valence-corrected chi connectivity index (χ2v) is 8.05. The lowest BCUT2D eigenvalue weighted by atomic mass is 10.2. The van der Waals surface area contributed by atoms with Crippen LogP contribution in [0.5, 0.6) is 11.5 Å². The van der Waals surface area contributed by atoms with Gasteiger partial charge in [-0.05, 0) is 12.1 Å². The van der Waals surface area contributed by atoms with E-state index in [0.29, 0.717) is 43.4 Å². The minimum Gasteiger partial charge on any atom is -0.497 e. The average Bonchev–Trinajstić information content (AvgIpc) is 2.66. The Hall–Kier alpha value is -2.49. The third kappa shape index (κ3) is 5.25. The summed E-state index contributed by atoms with van der Waals surface area (Å²) in [5.74, 6) is 0.695. The molecule has 0 saturated carbocycles. The molecule has 9 nitrogen and oxygen atoms in total. The molecular weight excluding hydrogens is 374 g/mol. The predicted octanol–water partition coefficient (Wildman–Crippen LogP) is 0.161. The Morgan fingerprint density at radius 1 is 1.19 bits per heavy atom. The Labute approximate surface area is 159 Å². The molecule has 0 bridgehead atoms. The van der Waals surface area contributed by atoms with Crippen molar-refractivity contribution in [1.82, 2.24) is 9.80 Å². The first kappa shape index (κ1) is 20.8. The molecule has 1 fully saturated rings. The maximum Gasteiger partial charge on any atom is 0.232 e. The third-order valence-electron chi connectivity index (χ3n) is 4.40. The van der Waals surface area contributed by atoms with E-state index >= 15 is 0 Å². The summed E-state index contributed by atoms with van der Waals surface area (Å²) in [5.41, 5.74) is 0.318. The van der Waals surface area contributed by atoms with Gasteiger partial charge in [-0.25, -0.2) is 8.42 Å². The van der Waals surface area contributed by atoms with Crippen molar-refractivity contribution in [2.75, 3.05) is 57.5 Å². The molecule has 1 heterocycles. The van der Waals surface area contributed by atoms with E-state index in [1.165, 1.54) is 14.2 Å². The smallest absolute Gasteiger partial charge is 0.232 e. The first-order chi connectivity index (χ1) is 12.8. The van der Waals surface area contributed by atoms with Gasteiger partial charge in [0.1, 0.15) is 11.5 Å². The number of rotatable bonds is 8. The van der Waals surface area contributed by atoms with Gasteiger partial charge in [-0.15, -0.1) is 0 Å². The van der Waals surface area contributed by atoms with Gasteiger partial charge in [-0.2, -0.15) is 0 Å². The molecule has 0 spiro atoms. The van der Waals surface area contributed by atoms with Crippen LogP contribution in [0.3, 0.4) is 0 Å². The van der Waals surface area contributed by atoms with Crippen molar-refractivity contribution < 1.29 is 27.5 Å². The summed E-state index contributed by atoms with van der Waals surface area (Å²) < 4.78 is 36.3. The number of benzene rings is 1. The zero-order chi connectivity index (χ0) is 20.0. The number of amides is 2. The number of nitrogens with zero attached hydrogens (tertiary/aromatic N) is 3. The molecule has 0 aliphatic carbocycles. The van der Waals surface area contributed by atoms with E-state index in [1.807, 2.05) is 0 Å². The lowest BCUT2D eigenvalue weighted by Gasteiger charge is -2.33. The fraction of sp³-hybridized carbons (Fsp3) is 0.529. The second-order valence-electron chi connectivity index (χ2n) is 6.15. The maximum absolute atomic E-state index is 12.5. The number of piperazine rings is 1. The number of carbonyl (C=O) groups is 2. The number of carbonyl (C=O) groups excluding carboxylic acids is 2. The fourth-order valence-electron chi connectivity index (χ4n) is 2.89. The molecule has 1 aliphatic rings. The molecule has 1 aromatic rings. The van der Waals surface area contributed by atoms with E-state index in [0.717, 1.165) is 17.0 Å². The van der Waals surface area contributed by atoms with Crippen LogP contribution in [0.4, 0.5) is 5.69 Å². The Balaban J connectivity index is 2.15. The van der Waals surface area contributed by atoms with Gasteiger partial charge in [0.2, 0.25) is 22.3 Å². The minimum atomic E-state index is -3.64. The minimum absolute atomic E-state index is 0.0188. The van der Waals surface area contributed by atoms with Gasteiger partial charge in [0.15, 0.2) is 0 Å². The third-order valence-corrected chi connectivity index (χ3v) is 5.58. The van der Waals surface area contributed by atoms with E-state index in [4.69, 9.17) is 9.47 Å². The number of ether oxygens (including phenoxy) is 2. The predicted molar refractivity (Wildman–Crippen MR) is 101 cm³/mol. The summed E-state index contributed by atoms with van der Waals surface area (Å²) >= 11 is 0. The van der Waals surface area contributed by atoms with Crippen LogP contribution < -0.4 is 13.8 Å². The lowest BCUT2D eigenvalue weighted by molar-refractivity contribution is -0.134. The van der Waals surface area contributed by atoms with Crippen molar-refractivity contribution in [2.45, 2.75) is 6.42 Å². The molecular formula is C17H25N3O6S. The Morgan fingerprint density at radius 2 is 1.85 bits per heavy atom. The van der Waals surface area contributed by atoms with Crippen LogP contribution >= 0.6 is 0 Å². The molecule has 2 rings (SSSR count). The Kier molecular flexibility index (Phi) is 6.89. The molecule has 2 amide bonds. The Morgan fingerprint density at radius 3 is 2.37 bits per heavy atom. The highest BCUT2D eigenvalue weighted by Gasteiger charge is 2.25. The lowest BCUT2D eigenvalue weighted by Crippen LogP contribution is -2.48. The molecule has 150 valence electrons. The highest BCUT2D eigenvalue weighted by molar-refractivity contribution is 7.92. The normalized spacial score (nSPS) is 14.6. The van der Waals surface area contributed by atoms with Gasteiger partial charge in [0, 0.05) is 45.2 Å². The van der Waals surface area contributed by atoms with Gasteiger partial charge in [0.05, 0.1) is 26.2 Å². The van der Waals surface area contributed by atoms with Crippen LogP contribution in [0.2, 0.25) is 0 Å². The largest absolute Gasteiger partial charge is 0.497 e. The van der Waals surface area contributed by atoms with Crippen molar-refractivity contribution in [3.8, 4) is 11.5 Å². The van der Waals surface area contributed by atoms with Crippen LogP contribution in [0.15, 0.2) is 18.2 Å². The van der Waals surface area contributed by atoms with Gasteiger partial charge in [-0.1, -0.05) is 0 Å². The summed E-state index contributed by atoms with van der Waals surface area (Å²) in [4.78, 5) is 26.5. The van der Waals surface area contributed by atoms with Crippen molar-refractivity contribution >= 4 is 28.0 Å². The van der Waals surface area contributed by atoms with E-state index < -0.39 is 10.0 Å². The number of hydrogen-bond donors (Lipinski definition) is 0. The van der Waals surface area contributed by atoms with E-state index in [9.17, 15) is 18.0 Å². The summed E-state index contributed by atoms with van der Waals surface area (Å²) in [7, 11) is -0.709. The van der Waals surface area contributed by atoms with E-state index in [1.54, 1.807) is 28.0 Å². The first-order valence-electron chi connectivity index (χ1n) is 8.47. The highest BCUT2D eigenvalue weighted by atomic mass is 32.2. The second kappa shape index (κ2) is 8.94. The zero-order valence-corrected chi connectivity index (χ0v) is 16.6. The molecule has 1 aromatic carbocycles. The quantitative estimate of drug-likeness (QED) is 0.578. The van der Waals surface area contributed by atoms with E-state index in [2.05, 4.69) is 0 Å². The summed E-state index contributed by atoms with van der Waals surface area (Å²) in [6.07, 6.45) is 1.87. The molecule has 1 saturated heterocycles. The molecule has 0 N–H and O–H groups in total. The van der Waals surface area contributed by atoms with Crippen molar-refractivity contribution in [1.29, 1.82) is 0 Å². The monoisotopic (exact) mass is 399 g/mol. The van der Waals surface area contributed by atoms with Crippen LogP contribution in [-0.4, -0.2) is 83.7 Å². The highest BCUT2D eigenvalue weighted by Crippen LogP contribution is 2.33. The molecule has 27 heavy (non-hydrogen) atoms. The zero-order valence-electron chi connectivity index (χ0n) is 15.8. The van der Waals surface area contributed by atoms with Crippen LogP contribution in [-0.2, 0) is 19.6 Å². The van der Waals surface area contributed by atoms with Crippen LogP contribution in [0.1, 0.15) is 6.42 Å². The molecule has 0 atom stereocenters. The van der Waals surface area contributed by atoms with Gasteiger partial charge < -0.3 is 19.3 Å². The molecule has 10 heteroatoms. The SMILES string of the molecule is COc1ccc(OC)c(N(CCC(=O)N2CCN(C=O)CC2)S(C)(=O)=O)c1. The van der Waals surface area contributed by atoms with Gasteiger partial charge in [0.25, 0.3) is 0 Å². The van der Waals surface area contributed by atoms with Crippen LogP contribution in [0, 0.1) is 0 Å². The first-order valence-corrected chi connectivity index (χ1v) is 10.3. The molecule has 1 aliphatic heterocycles. The standard InChI is InChI=1S/C17H25N3O6S/c1-25-14-4-5-16(26-2)15(12-14)20(27(3,23)24)7-6-17(22)19-10-8-18(13-21)9-11-19/h4-5,12-13H,6-11H2,1-3H3. The topological polar surface area (TPSA) is 96.5 Å². The molecule has 0 unspecified atom stereocenters.